The van der Waals surface area contributed by atoms with Gasteiger partial charge in [0.2, 0.25) is 0 Å². The number of aromatic nitrogens is 3. The molecule has 0 amide bonds. The van der Waals surface area contributed by atoms with Crippen LogP contribution in [0.4, 0.5) is 5.82 Å². The molecule has 4 nitrogen and oxygen atoms in total. The summed E-state index contributed by atoms with van der Waals surface area (Å²) in [6.45, 7) is 2.92. The third-order valence-corrected chi connectivity index (χ3v) is 1.64. The maximum Gasteiger partial charge on any atom is 0.155 e. The van der Waals surface area contributed by atoms with E-state index in [-0.39, 0.29) is 0 Å². The number of anilines is 1. The molecule has 0 spiro atoms. The third kappa shape index (κ3) is 1.01. The van der Waals surface area contributed by atoms with E-state index in [1.54, 1.807) is 16.9 Å². The van der Waals surface area contributed by atoms with Crippen LogP contribution in [0.5, 0.6) is 0 Å². The first-order valence-corrected chi connectivity index (χ1v) is 3.94. The Morgan fingerprint density at radius 1 is 1.58 bits per heavy atom. The van der Waals surface area contributed by atoms with E-state index in [9.17, 15) is 0 Å². The minimum absolute atomic E-state index is 0.869. The molecule has 0 aliphatic heterocycles. The Hall–Kier alpha value is -1.58. The molecule has 2 aromatic heterocycles. The van der Waals surface area contributed by atoms with Gasteiger partial charge in [0, 0.05) is 12.7 Å². The molecule has 0 radical (unpaired) electrons. The fourth-order valence-electron chi connectivity index (χ4n) is 1.13. The Morgan fingerprint density at radius 3 is 3.33 bits per heavy atom. The number of hydrogen-bond acceptors (Lipinski definition) is 3. The number of imidazole rings is 1. The summed E-state index contributed by atoms with van der Waals surface area (Å²) in [5, 5.41) is 7.32. The molecule has 0 fully saturated rings. The standard InChI is InChI=1S/C8H10N4/c1-2-9-8-6-10-7-4-3-5-11-12(7)8/h3-6,9H,2H2,1H3. The van der Waals surface area contributed by atoms with Crippen LogP contribution in [0.15, 0.2) is 24.5 Å². The maximum absolute atomic E-state index is 4.18. The topological polar surface area (TPSA) is 42.2 Å². The van der Waals surface area contributed by atoms with Crippen molar-refractivity contribution < 1.29 is 0 Å². The summed E-state index contributed by atoms with van der Waals surface area (Å²) in [6.07, 6.45) is 3.53. The highest BCUT2D eigenvalue weighted by molar-refractivity contribution is 5.47. The van der Waals surface area contributed by atoms with Crippen molar-refractivity contribution in [2.45, 2.75) is 6.92 Å². The van der Waals surface area contributed by atoms with Crippen LogP contribution in [0.25, 0.3) is 5.65 Å². The molecular weight excluding hydrogens is 152 g/mol. The minimum Gasteiger partial charge on any atom is -0.369 e. The molecule has 0 aliphatic carbocycles. The van der Waals surface area contributed by atoms with Crippen molar-refractivity contribution in [3.63, 3.8) is 0 Å². The molecule has 2 aromatic rings. The zero-order valence-corrected chi connectivity index (χ0v) is 6.86. The molecule has 2 rings (SSSR count). The third-order valence-electron chi connectivity index (χ3n) is 1.64. The van der Waals surface area contributed by atoms with Crippen molar-refractivity contribution in [2.75, 3.05) is 11.9 Å². The molecule has 62 valence electrons. The van der Waals surface area contributed by atoms with Crippen LogP contribution in [0.1, 0.15) is 6.92 Å². The zero-order chi connectivity index (χ0) is 8.39. The van der Waals surface area contributed by atoms with Crippen LogP contribution in [0.2, 0.25) is 0 Å². The van der Waals surface area contributed by atoms with Gasteiger partial charge in [-0.1, -0.05) is 0 Å². The van der Waals surface area contributed by atoms with Gasteiger partial charge in [-0.3, -0.25) is 0 Å². The number of fused-ring (bicyclic) bond motifs is 1. The molecule has 0 bridgehead atoms. The Kier molecular flexibility index (Phi) is 1.66. The average molecular weight is 162 g/mol. The fraction of sp³-hybridized carbons (Fsp3) is 0.250. The first kappa shape index (κ1) is 7.09. The number of nitrogens with one attached hydrogen (secondary N) is 1. The van der Waals surface area contributed by atoms with E-state index in [0.717, 1.165) is 18.0 Å². The van der Waals surface area contributed by atoms with Gasteiger partial charge in [-0.2, -0.15) is 9.61 Å². The largest absolute Gasteiger partial charge is 0.369 e. The first-order chi connectivity index (χ1) is 5.92. The van der Waals surface area contributed by atoms with Crippen molar-refractivity contribution in [3.05, 3.63) is 24.5 Å². The van der Waals surface area contributed by atoms with Gasteiger partial charge >= 0.3 is 0 Å². The van der Waals surface area contributed by atoms with Gasteiger partial charge in [0.1, 0.15) is 5.82 Å². The van der Waals surface area contributed by atoms with Gasteiger partial charge < -0.3 is 5.32 Å². The second kappa shape index (κ2) is 2.81. The smallest absolute Gasteiger partial charge is 0.155 e. The second-order valence-corrected chi connectivity index (χ2v) is 2.47. The highest BCUT2D eigenvalue weighted by Gasteiger charge is 1.99. The second-order valence-electron chi connectivity index (χ2n) is 2.47. The number of rotatable bonds is 2. The summed E-state index contributed by atoms with van der Waals surface area (Å²) in [7, 11) is 0. The zero-order valence-electron chi connectivity index (χ0n) is 6.86. The van der Waals surface area contributed by atoms with E-state index in [1.165, 1.54) is 0 Å². The molecule has 0 atom stereocenters. The summed E-state index contributed by atoms with van der Waals surface area (Å²) in [5.74, 6) is 0.938. The molecule has 0 unspecified atom stereocenters. The van der Waals surface area contributed by atoms with E-state index in [0.29, 0.717) is 0 Å². The van der Waals surface area contributed by atoms with E-state index in [4.69, 9.17) is 0 Å². The summed E-state index contributed by atoms with van der Waals surface area (Å²) in [6, 6.07) is 3.80. The number of nitrogens with zero attached hydrogens (tertiary/aromatic N) is 3. The maximum atomic E-state index is 4.18. The van der Waals surface area contributed by atoms with Crippen molar-refractivity contribution in [3.8, 4) is 0 Å². The van der Waals surface area contributed by atoms with Gasteiger partial charge in [0.15, 0.2) is 5.65 Å². The molecule has 4 heteroatoms. The van der Waals surface area contributed by atoms with Gasteiger partial charge in [0.25, 0.3) is 0 Å². The SMILES string of the molecule is CCNc1cnc2cccnn12. The summed E-state index contributed by atoms with van der Waals surface area (Å²) in [4.78, 5) is 4.18. The average Bonchev–Trinajstić information content (AvgIpc) is 2.50. The molecule has 2 heterocycles. The van der Waals surface area contributed by atoms with Crippen LogP contribution in [0.3, 0.4) is 0 Å². The lowest BCUT2D eigenvalue weighted by Gasteiger charge is -1.99. The predicted octanol–water partition coefficient (Wildman–Crippen LogP) is 1.16. The van der Waals surface area contributed by atoms with Crippen molar-refractivity contribution in [1.29, 1.82) is 0 Å². The lowest BCUT2D eigenvalue weighted by Crippen LogP contribution is -2.01. The predicted molar refractivity (Wildman–Crippen MR) is 47.2 cm³/mol. The van der Waals surface area contributed by atoms with Gasteiger partial charge in [-0.15, -0.1) is 0 Å². The van der Waals surface area contributed by atoms with Crippen LogP contribution in [-0.4, -0.2) is 21.1 Å². The van der Waals surface area contributed by atoms with Gasteiger partial charge in [-0.25, -0.2) is 4.98 Å². The number of hydrogen-bond donors (Lipinski definition) is 1. The van der Waals surface area contributed by atoms with Crippen molar-refractivity contribution in [2.24, 2.45) is 0 Å². The van der Waals surface area contributed by atoms with Crippen LogP contribution in [-0.2, 0) is 0 Å². The molecule has 0 aromatic carbocycles. The molecule has 0 aliphatic rings. The lowest BCUT2D eigenvalue weighted by molar-refractivity contribution is 0.930. The molecule has 12 heavy (non-hydrogen) atoms. The van der Waals surface area contributed by atoms with Crippen LogP contribution >= 0.6 is 0 Å². The highest BCUT2D eigenvalue weighted by atomic mass is 15.3. The van der Waals surface area contributed by atoms with Crippen molar-refractivity contribution >= 4 is 11.5 Å². The fourth-order valence-corrected chi connectivity index (χ4v) is 1.13. The quantitative estimate of drug-likeness (QED) is 0.720. The van der Waals surface area contributed by atoms with E-state index in [2.05, 4.69) is 15.4 Å². The van der Waals surface area contributed by atoms with Gasteiger partial charge in [0.05, 0.1) is 6.20 Å². The Balaban J connectivity index is 2.55. The van der Waals surface area contributed by atoms with Crippen LogP contribution in [0, 0.1) is 0 Å². The molecule has 0 saturated heterocycles. The first-order valence-electron chi connectivity index (χ1n) is 3.94. The molecule has 1 N–H and O–H groups in total. The normalized spacial score (nSPS) is 10.4. The lowest BCUT2D eigenvalue weighted by atomic mass is 10.6. The summed E-state index contributed by atoms with van der Waals surface area (Å²) >= 11 is 0. The van der Waals surface area contributed by atoms with E-state index < -0.39 is 0 Å². The van der Waals surface area contributed by atoms with Crippen molar-refractivity contribution in [1.82, 2.24) is 14.6 Å². The van der Waals surface area contributed by atoms with E-state index >= 15 is 0 Å². The highest BCUT2D eigenvalue weighted by Crippen LogP contribution is 2.07. The summed E-state index contributed by atoms with van der Waals surface area (Å²) < 4.78 is 1.78. The van der Waals surface area contributed by atoms with Crippen LogP contribution < -0.4 is 5.32 Å². The molecule has 0 saturated carbocycles. The minimum atomic E-state index is 0.869. The van der Waals surface area contributed by atoms with E-state index in [1.807, 2.05) is 19.1 Å². The molecular formula is C8H10N4. The Morgan fingerprint density at radius 2 is 2.50 bits per heavy atom. The monoisotopic (exact) mass is 162 g/mol. The Labute approximate surface area is 70.2 Å². The summed E-state index contributed by atoms with van der Waals surface area (Å²) in [5.41, 5.74) is 0.869. The van der Waals surface area contributed by atoms with Gasteiger partial charge in [-0.05, 0) is 19.1 Å². The Bertz CT molecular complexity index is 379.